The van der Waals surface area contributed by atoms with E-state index in [1.54, 1.807) is 20.8 Å². The SMILES string of the molecule is CC(C)(C)OC(=O)NCCC(Cc1ccc2ccc3cccc4ccc1c2c34)C(=O)ON1C(=O)CCC1=O. The van der Waals surface area contributed by atoms with Crippen molar-refractivity contribution in [3.05, 3.63) is 60.2 Å². The zero-order valence-corrected chi connectivity index (χ0v) is 21.7. The lowest BCUT2D eigenvalue weighted by Gasteiger charge is -2.22. The Labute approximate surface area is 220 Å². The first-order valence-corrected chi connectivity index (χ1v) is 12.8. The number of amides is 3. The van der Waals surface area contributed by atoms with Crippen LogP contribution < -0.4 is 5.32 Å². The van der Waals surface area contributed by atoms with Crippen LogP contribution in [-0.2, 0) is 30.4 Å². The number of nitrogens with zero attached hydrogens (tertiary/aromatic N) is 1. The van der Waals surface area contributed by atoms with E-state index in [-0.39, 0.29) is 25.8 Å². The second-order valence-electron chi connectivity index (χ2n) is 10.7. The number of nitrogens with one attached hydrogen (secondary N) is 1. The fourth-order valence-corrected chi connectivity index (χ4v) is 5.03. The quantitative estimate of drug-likeness (QED) is 0.266. The molecule has 1 N–H and O–H groups in total. The zero-order valence-electron chi connectivity index (χ0n) is 21.7. The smallest absolute Gasteiger partial charge is 0.407 e. The fraction of sp³-hybridized carbons (Fsp3) is 0.333. The van der Waals surface area contributed by atoms with Crippen molar-refractivity contribution < 1.29 is 28.8 Å². The molecule has 8 nitrogen and oxygen atoms in total. The van der Waals surface area contributed by atoms with Gasteiger partial charge in [-0.2, -0.15) is 0 Å². The van der Waals surface area contributed by atoms with E-state index in [9.17, 15) is 19.2 Å². The Morgan fingerprint density at radius 3 is 2.16 bits per heavy atom. The lowest BCUT2D eigenvalue weighted by atomic mass is 9.88. The maximum absolute atomic E-state index is 13.3. The molecule has 5 rings (SSSR count). The van der Waals surface area contributed by atoms with Gasteiger partial charge in [-0.1, -0.05) is 54.6 Å². The van der Waals surface area contributed by atoms with Gasteiger partial charge in [0, 0.05) is 19.4 Å². The van der Waals surface area contributed by atoms with Gasteiger partial charge in [-0.3, -0.25) is 9.59 Å². The summed E-state index contributed by atoms with van der Waals surface area (Å²) in [6, 6.07) is 18.6. The van der Waals surface area contributed by atoms with Crippen LogP contribution in [0.25, 0.3) is 32.3 Å². The molecule has 1 aliphatic heterocycles. The molecule has 8 heteroatoms. The maximum Gasteiger partial charge on any atom is 0.407 e. The average molecular weight is 515 g/mol. The van der Waals surface area contributed by atoms with Crippen LogP contribution in [0.1, 0.15) is 45.6 Å². The first-order valence-electron chi connectivity index (χ1n) is 12.8. The Bertz CT molecular complexity index is 1520. The standard InChI is InChI=1S/C30H30N2O6/c1-30(2,3)37-29(36)31-16-15-22(28(35)38-32-24(33)13-14-25(32)34)17-21-10-9-20-8-7-18-5-4-6-19-11-12-23(21)27(20)26(18)19/h4-12,22H,13-17H2,1-3H3,(H,31,36). The molecular weight excluding hydrogens is 484 g/mol. The molecule has 4 aromatic rings. The first-order chi connectivity index (χ1) is 18.1. The summed E-state index contributed by atoms with van der Waals surface area (Å²) < 4.78 is 5.29. The molecule has 1 saturated heterocycles. The summed E-state index contributed by atoms with van der Waals surface area (Å²) in [7, 11) is 0. The predicted octanol–water partition coefficient (Wildman–Crippen LogP) is 5.26. The Kier molecular flexibility index (Phi) is 6.65. The fourth-order valence-electron chi connectivity index (χ4n) is 5.03. The minimum atomic E-state index is -0.718. The maximum atomic E-state index is 13.3. The summed E-state index contributed by atoms with van der Waals surface area (Å²) in [4.78, 5) is 54.8. The molecule has 1 aliphatic rings. The van der Waals surface area contributed by atoms with E-state index >= 15 is 0 Å². The van der Waals surface area contributed by atoms with E-state index in [1.165, 1.54) is 5.39 Å². The van der Waals surface area contributed by atoms with Gasteiger partial charge in [0.05, 0.1) is 5.92 Å². The molecule has 0 radical (unpaired) electrons. The molecule has 3 amide bonds. The van der Waals surface area contributed by atoms with E-state index < -0.39 is 35.4 Å². The van der Waals surface area contributed by atoms with E-state index in [4.69, 9.17) is 9.57 Å². The Balaban J connectivity index is 1.43. The minimum absolute atomic E-state index is 0.0198. The van der Waals surface area contributed by atoms with Gasteiger partial charge in [-0.15, -0.1) is 5.06 Å². The van der Waals surface area contributed by atoms with Crippen LogP contribution in [0.4, 0.5) is 4.79 Å². The van der Waals surface area contributed by atoms with Crippen LogP contribution in [0.3, 0.4) is 0 Å². The second kappa shape index (κ2) is 9.93. The summed E-state index contributed by atoms with van der Waals surface area (Å²) in [5.41, 5.74) is 0.287. The number of hydrogen-bond donors (Lipinski definition) is 1. The predicted molar refractivity (Wildman–Crippen MR) is 143 cm³/mol. The number of ether oxygens (including phenoxy) is 1. The van der Waals surface area contributed by atoms with Crippen molar-refractivity contribution in [3.8, 4) is 0 Å². The molecule has 196 valence electrons. The monoisotopic (exact) mass is 514 g/mol. The topological polar surface area (TPSA) is 102 Å². The first kappa shape index (κ1) is 25.4. The van der Waals surface area contributed by atoms with Crippen LogP contribution in [-0.4, -0.2) is 41.1 Å². The highest BCUT2D eigenvalue weighted by Crippen LogP contribution is 2.36. The van der Waals surface area contributed by atoms with Crippen LogP contribution in [0, 0.1) is 5.92 Å². The molecule has 0 aliphatic carbocycles. The average Bonchev–Trinajstić information content (AvgIpc) is 3.18. The van der Waals surface area contributed by atoms with Gasteiger partial charge in [0.25, 0.3) is 11.8 Å². The van der Waals surface area contributed by atoms with Gasteiger partial charge in [-0.05, 0) is 71.5 Å². The number of imide groups is 1. The van der Waals surface area contributed by atoms with E-state index in [1.807, 2.05) is 18.2 Å². The third-order valence-electron chi connectivity index (χ3n) is 6.77. The molecule has 4 aromatic carbocycles. The molecule has 1 heterocycles. The lowest BCUT2D eigenvalue weighted by molar-refractivity contribution is -0.200. The van der Waals surface area contributed by atoms with Gasteiger partial charge in [0.15, 0.2) is 0 Å². The van der Waals surface area contributed by atoms with Crippen LogP contribution in [0.2, 0.25) is 0 Å². The summed E-state index contributed by atoms with van der Waals surface area (Å²) in [5, 5.41) is 9.96. The highest BCUT2D eigenvalue weighted by Gasteiger charge is 2.35. The normalized spacial score (nSPS) is 15.0. The lowest BCUT2D eigenvalue weighted by Crippen LogP contribution is -2.37. The number of carbonyl (C=O) groups excluding carboxylic acids is 4. The third kappa shape index (κ3) is 5.11. The molecule has 0 aromatic heterocycles. The van der Waals surface area contributed by atoms with Crippen LogP contribution in [0.5, 0.6) is 0 Å². The molecule has 0 saturated carbocycles. The Hall–Kier alpha value is -4.20. The number of rotatable bonds is 7. The molecule has 1 unspecified atom stereocenters. The molecule has 0 bridgehead atoms. The Morgan fingerprint density at radius 2 is 1.50 bits per heavy atom. The van der Waals surface area contributed by atoms with E-state index in [0.717, 1.165) is 32.5 Å². The number of alkyl carbamates (subject to hydrolysis) is 1. The Morgan fingerprint density at radius 1 is 0.895 bits per heavy atom. The van der Waals surface area contributed by atoms with Crippen molar-refractivity contribution in [1.29, 1.82) is 0 Å². The summed E-state index contributed by atoms with van der Waals surface area (Å²) in [6.07, 6.45) is -0.00899. The van der Waals surface area contributed by atoms with Crippen molar-refractivity contribution in [3.63, 3.8) is 0 Å². The van der Waals surface area contributed by atoms with Gasteiger partial charge >= 0.3 is 12.1 Å². The van der Waals surface area contributed by atoms with E-state index in [0.29, 0.717) is 11.5 Å². The third-order valence-corrected chi connectivity index (χ3v) is 6.77. The van der Waals surface area contributed by atoms with Crippen LogP contribution in [0.15, 0.2) is 54.6 Å². The highest BCUT2D eigenvalue weighted by atomic mass is 16.7. The second-order valence-corrected chi connectivity index (χ2v) is 10.7. The number of carbonyl (C=O) groups is 4. The molecule has 1 atom stereocenters. The molecule has 38 heavy (non-hydrogen) atoms. The summed E-state index contributed by atoms with van der Waals surface area (Å²) in [6.45, 7) is 5.46. The van der Waals surface area contributed by atoms with Gasteiger partial charge in [0.2, 0.25) is 0 Å². The summed E-state index contributed by atoms with van der Waals surface area (Å²) in [5.74, 6) is -2.47. The van der Waals surface area contributed by atoms with Crippen molar-refractivity contribution >= 4 is 56.2 Å². The molecular formula is C30H30N2O6. The van der Waals surface area contributed by atoms with Crippen LogP contribution >= 0.6 is 0 Å². The van der Waals surface area contributed by atoms with Crippen molar-refractivity contribution in [2.45, 2.75) is 52.1 Å². The number of hydroxylamine groups is 2. The van der Waals surface area contributed by atoms with Crippen molar-refractivity contribution in [2.24, 2.45) is 5.92 Å². The van der Waals surface area contributed by atoms with Gasteiger partial charge in [0.1, 0.15) is 5.60 Å². The number of hydrogen-bond acceptors (Lipinski definition) is 6. The van der Waals surface area contributed by atoms with E-state index in [2.05, 4.69) is 41.7 Å². The highest BCUT2D eigenvalue weighted by molar-refractivity contribution is 6.23. The van der Waals surface area contributed by atoms with Gasteiger partial charge in [-0.25, -0.2) is 9.59 Å². The molecule has 0 spiro atoms. The van der Waals surface area contributed by atoms with Crippen molar-refractivity contribution in [2.75, 3.05) is 6.54 Å². The zero-order chi connectivity index (χ0) is 27.0. The summed E-state index contributed by atoms with van der Waals surface area (Å²) >= 11 is 0. The largest absolute Gasteiger partial charge is 0.444 e. The number of benzene rings is 4. The molecule has 1 fully saturated rings. The van der Waals surface area contributed by atoms with Crippen molar-refractivity contribution in [1.82, 2.24) is 10.4 Å². The minimum Gasteiger partial charge on any atom is -0.444 e. The van der Waals surface area contributed by atoms with Gasteiger partial charge < -0.3 is 14.9 Å².